The average molecular weight is 341 g/mol. The van der Waals surface area contributed by atoms with Gasteiger partial charge >= 0.3 is 0 Å². The zero-order valence-corrected chi connectivity index (χ0v) is 13.3. The maximum absolute atomic E-state index is 12.5. The van der Waals surface area contributed by atoms with Gasteiger partial charge in [0.25, 0.3) is 10.0 Å². The van der Waals surface area contributed by atoms with Crippen LogP contribution in [0.1, 0.15) is 11.3 Å². The largest absolute Gasteiger partial charge is 0.294 e. The van der Waals surface area contributed by atoms with Crippen LogP contribution < -0.4 is 0 Å². The van der Waals surface area contributed by atoms with E-state index >= 15 is 0 Å². The molecule has 0 aliphatic carbocycles. The molecular formula is C13H15N3O4S2. The number of aromatic nitrogens is 2. The average Bonchev–Trinajstić information content (AvgIpc) is 3.01. The predicted octanol–water partition coefficient (Wildman–Crippen LogP) is 1.33. The van der Waals surface area contributed by atoms with E-state index in [0.29, 0.717) is 11.3 Å². The van der Waals surface area contributed by atoms with E-state index in [1.54, 1.807) is 0 Å². The predicted molar refractivity (Wildman–Crippen MR) is 84.2 cm³/mol. The molecule has 1 aliphatic heterocycles. The van der Waals surface area contributed by atoms with E-state index in [1.807, 2.05) is 0 Å². The summed E-state index contributed by atoms with van der Waals surface area (Å²) in [4.78, 5) is 0.0196. The lowest BCUT2D eigenvalue weighted by molar-refractivity contribution is 0.409. The highest BCUT2D eigenvalue weighted by Gasteiger charge is 2.29. The molecule has 0 fully saturated rings. The Labute approximate surface area is 131 Å². The van der Waals surface area contributed by atoms with Gasteiger partial charge < -0.3 is 0 Å². The summed E-state index contributed by atoms with van der Waals surface area (Å²) in [7, 11) is -3.85. The van der Waals surface area contributed by atoms with Crippen molar-refractivity contribution in [1.82, 2.24) is 13.5 Å². The molecule has 0 saturated heterocycles. The van der Waals surface area contributed by atoms with Crippen LogP contribution in [0.5, 0.6) is 0 Å². The molecule has 0 amide bonds. The third kappa shape index (κ3) is 3.17. The Balaban J connectivity index is 2.37. The number of hydrogen-bond donors (Lipinski definition) is 1. The third-order valence-electron chi connectivity index (χ3n) is 2.97. The molecule has 2 heterocycles. The highest BCUT2D eigenvalue weighted by Crippen LogP contribution is 2.24. The van der Waals surface area contributed by atoms with Gasteiger partial charge in [0.1, 0.15) is 0 Å². The van der Waals surface area contributed by atoms with Gasteiger partial charge in [-0.15, -0.1) is 0 Å². The van der Waals surface area contributed by atoms with Crippen LogP contribution in [-0.4, -0.2) is 30.7 Å². The molecule has 2 rings (SSSR count). The van der Waals surface area contributed by atoms with Gasteiger partial charge in [-0.05, 0) is 12.2 Å². The smallest absolute Gasteiger partial charge is 0.282 e. The van der Waals surface area contributed by atoms with Crippen molar-refractivity contribution >= 4 is 21.3 Å². The standard InChI is InChI=1S/C13H15N3O4S2/c1-3-5-7-12(6-4-2)22(19,20)16-9-11-8-15(21(17)18)10-13(11)14-16/h3-7,9H,1-2,8,10H2,(H,17,18)/b7-5-,12-6+. The fraction of sp³-hybridized carbons (Fsp3) is 0.154. The van der Waals surface area contributed by atoms with Crippen molar-refractivity contribution in [3.63, 3.8) is 0 Å². The minimum atomic E-state index is -3.85. The van der Waals surface area contributed by atoms with Gasteiger partial charge in [-0.25, -0.2) is 4.21 Å². The number of allylic oxidation sites excluding steroid dienone is 5. The van der Waals surface area contributed by atoms with Gasteiger partial charge in [-0.3, -0.25) is 4.55 Å². The summed E-state index contributed by atoms with van der Waals surface area (Å²) in [6.45, 7) is 7.30. The molecule has 1 aromatic rings. The molecule has 0 radical (unpaired) electrons. The summed E-state index contributed by atoms with van der Waals surface area (Å²) in [5.41, 5.74) is 1.08. The molecule has 0 spiro atoms. The fourth-order valence-corrected chi connectivity index (χ4v) is 3.64. The molecule has 22 heavy (non-hydrogen) atoms. The Morgan fingerprint density at radius 1 is 1.36 bits per heavy atom. The zero-order chi connectivity index (χ0) is 16.3. The summed E-state index contributed by atoms with van der Waals surface area (Å²) in [6, 6.07) is 0. The number of rotatable bonds is 6. The summed E-state index contributed by atoms with van der Waals surface area (Å²) in [6.07, 6.45) is 8.44. The molecule has 1 atom stereocenters. The van der Waals surface area contributed by atoms with Crippen molar-refractivity contribution in [1.29, 1.82) is 0 Å². The molecule has 0 saturated carbocycles. The molecule has 118 valence electrons. The molecule has 1 aliphatic rings. The Kier molecular flexibility index (Phi) is 4.91. The van der Waals surface area contributed by atoms with Crippen LogP contribution in [0.4, 0.5) is 0 Å². The van der Waals surface area contributed by atoms with E-state index in [1.165, 1.54) is 40.9 Å². The van der Waals surface area contributed by atoms with Gasteiger partial charge in [0.15, 0.2) is 0 Å². The Morgan fingerprint density at radius 3 is 2.64 bits per heavy atom. The first kappa shape index (κ1) is 16.6. The van der Waals surface area contributed by atoms with E-state index in [9.17, 15) is 12.6 Å². The molecule has 1 aromatic heterocycles. The molecule has 9 heteroatoms. The minimum absolute atomic E-state index is 0.0196. The van der Waals surface area contributed by atoms with Crippen molar-refractivity contribution in [2.24, 2.45) is 0 Å². The number of nitrogens with zero attached hydrogens (tertiary/aromatic N) is 3. The molecular weight excluding hydrogens is 326 g/mol. The zero-order valence-electron chi connectivity index (χ0n) is 11.6. The first-order chi connectivity index (χ1) is 10.4. The monoisotopic (exact) mass is 341 g/mol. The van der Waals surface area contributed by atoms with Crippen molar-refractivity contribution in [3.05, 3.63) is 65.9 Å². The number of hydrogen-bond acceptors (Lipinski definition) is 4. The maximum Gasteiger partial charge on any atom is 0.282 e. The fourth-order valence-electron chi connectivity index (χ4n) is 1.95. The van der Waals surface area contributed by atoms with Crippen LogP contribution in [0.15, 0.2) is 54.6 Å². The molecule has 7 nitrogen and oxygen atoms in total. The molecule has 0 bridgehead atoms. The maximum atomic E-state index is 12.5. The van der Waals surface area contributed by atoms with E-state index in [4.69, 9.17) is 4.55 Å². The molecule has 1 unspecified atom stereocenters. The second-order valence-corrected chi connectivity index (χ2v) is 7.18. The van der Waals surface area contributed by atoms with Crippen LogP contribution >= 0.6 is 0 Å². The first-order valence-electron chi connectivity index (χ1n) is 6.21. The Hall–Kier alpha value is -1.81. The third-order valence-corrected chi connectivity index (χ3v) is 5.22. The first-order valence-corrected chi connectivity index (χ1v) is 8.71. The van der Waals surface area contributed by atoms with E-state index in [-0.39, 0.29) is 18.0 Å². The van der Waals surface area contributed by atoms with Crippen molar-refractivity contribution < 1.29 is 17.2 Å². The van der Waals surface area contributed by atoms with Crippen LogP contribution in [-0.2, 0) is 34.4 Å². The highest BCUT2D eigenvalue weighted by molar-refractivity contribution is 7.93. The van der Waals surface area contributed by atoms with Crippen molar-refractivity contribution in [3.8, 4) is 0 Å². The second-order valence-electron chi connectivity index (χ2n) is 4.41. The van der Waals surface area contributed by atoms with Gasteiger partial charge in [0.2, 0.25) is 11.3 Å². The Morgan fingerprint density at radius 2 is 2.09 bits per heavy atom. The normalized spacial score (nSPS) is 17.6. The second kappa shape index (κ2) is 6.53. The minimum Gasteiger partial charge on any atom is -0.294 e. The quantitative estimate of drug-likeness (QED) is 0.622. The van der Waals surface area contributed by atoms with Crippen LogP contribution in [0.2, 0.25) is 0 Å². The summed E-state index contributed by atoms with van der Waals surface area (Å²) < 4.78 is 47.2. The van der Waals surface area contributed by atoms with Crippen molar-refractivity contribution in [2.75, 3.05) is 0 Å². The lowest BCUT2D eigenvalue weighted by atomic mass is 10.3. The van der Waals surface area contributed by atoms with Gasteiger partial charge in [0.05, 0.1) is 17.1 Å². The molecule has 0 aromatic carbocycles. The SMILES string of the molecule is C=C/C=C\C(=C/C=C)S(=O)(=O)n1cc2c(n1)CN(S(=O)O)C2. The van der Waals surface area contributed by atoms with Crippen LogP contribution in [0.3, 0.4) is 0 Å². The highest BCUT2D eigenvalue weighted by atomic mass is 32.2. The van der Waals surface area contributed by atoms with Gasteiger partial charge in [0, 0.05) is 18.3 Å². The van der Waals surface area contributed by atoms with Gasteiger partial charge in [-0.1, -0.05) is 31.4 Å². The Bertz CT molecular complexity index is 767. The van der Waals surface area contributed by atoms with E-state index in [0.717, 1.165) is 4.09 Å². The topological polar surface area (TPSA) is 92.5 Å². The summed E-state index contributed by atoms with van der Waals surface area (Å²) in [5.74, 6) is 0. The van der Waals surface area contributed by atoms with Crippen LogP contribution in [0, 0.1) is 0 Å². The van der Waals surface area contributed by atoms with Gasteiger partial charge in [-0.2, -0.15) is 21.9 Å². The summed E-state index contributed by atoms with van der Waals surface area (Å²) >= 11 is -2.10. The van der Waals surface area contributed by atoms with Crippen molar-refractivity contribution in [2.45, 2.75) is 13.1 Å². The summed E-state index contributed by atoms with van der Waals surface area (Å²) in [5, 5.41) is 4.01. The lowest BCUT2D eigenvalue weighted by Gasteiger charge is -2.09. The molecule has 1 N–H and O–H groups in total. The van der Waals surface area contributed by atoms with E-state index in [2.05, 4.69) is 18.3 Å². The number of fused-ring (bicyclic) bond motifs is 1. The lowest BCUT2D eigenvalue weighted by Crippen LogP contribution is -2.21. The van der Waals surface area contributed by atoms with Crippen LogP contribution in [0.25, 0.3) is 0 Å². The van der Waals surface area contributed by atoms with E-state index < -0.39 is 21.3 Å².